The molecule has 0 atom stereocenters. The molecule has 0 unspecified atom stereocenters. The van der Waals surface area contributed by atoms with Gasteiger partial charge in [0.1, 0.15) is 0 Å². The molecule has 0 radical (unpaired) electrons. The molecular weight excluding hydrogens is 202 g/mol. The van der Waals surface area contributed by atoms with Crippen LogP contribution in [0, 0.1) is 5.92 Å². The first-order valence-corrected chi connectivity index (χ1v) is 5.59. The lowest BCUT2D eigenvalue weighted by atomic mass is 9.85. The highest BCUT2D eigenvalue weighted by molar-refractivity contribution is 5.70. The maximum absolute atomic E-state index is 10.8. The molecule has 1 fully saturated rings. The summed E-state index contributed by atoms with van der Waals surface area (Å²) >= 11 is 0. The molecule has 84 valence electrons. The van der Waals surface area contributed by atoms with E-state index in [-0.39, 0.29) is 5.92 Å². The van der Waals surface area contributed by atoms with Gasteiger partial charge in [-0.2, -0.15) is 0 Å². The highest BCUT2D eigenvalue weighted by Gasteiger charge is 2.22. The molecule has 1 N–H and O–H groups in total. The second-order valence-corrected chi connectivity index (χ2v) is 4.17. The molecule has 2 rings (SSSR count). The Balaban J connectivity index is 1.99. The Morgan fingerprint density at radius 2 is 2.12 bits per heavy atom. The number of carboxylic acid groups (broad SMARTS) is 1. The fourth-order valence-electron chi connectivity index (χ4n) is 2.05. The number of nitrogens with zero attached hydrogens (tertiary/aromatic N) is 1. The number of allylic oxidation sites excluding steroid dienone is 1. The van der Waals surface area contributed by atoms with Gasteiger partial charge in [-0.1, -0.05) is 11.6 Å². The quantitative estimate of drug-likeness (QED) is 0.828. The molecule has 1 aromatic rings. The van der Waals surface area contributed by atoms with Crippen LogP contribution in [0.3, 0.4) is 0 Å². The Morgan fingerprint density at radius 3 is 2.69 bits per heavy atom. The molecule has 0 aliphatic heterocycles. The Labute approximate surface area is 94.8 Å². The predicted molar refractivity (Wildman–Crippen MR) is 61.8 cm³/mol. The molecule has 1 heterocycles. The molecule has 3 nitrogen and oxygen atoms in total. The summed E-state index contributed by atoms with van der Waals surface area (Å²) < 4.78 is 0. The largest absolute Gasteiger partial charge is 0.481 e. The van der Waals surface area contributed by atoms with E-state index in [9.17, 15) is 4.79 Å². The number of carboxylic acids is 1. The van der Waals surface area contributed by atoms with Crippen molar-refractivity contribution in [3.8, 4) is 0 Å². The molecule has 1 aliphatic carbocycles. The topological polar surface area (TPSA) is 50.2 Å². The third-order valence-electron chi connectivity index (χ3n) is 3.02. The van der Waals surface area contributed by atoms with Crippen molar-refractivity contribution < 1.29 is 9.90 Å². The maximum atomic E-state index is 10.8. The summed E-state index contributed by atoms with van der Waals surface area (Å²) in [6, 6.07) is 5.82. The van der Waals surface area contributed by atoms with E-state index in [1.807, 2.05) is 18.2 Å². The van der Waals surface area contributed by atoms with Gasteiger partial charge in [-0.15, -0.1) is 0 Å². The van der Waals surface area contributed by atoms with Crippen LogP contribution in [0.1, 0.15) is 31.4 Å². The second-order valence-electron chi connectivity index (χ2n) is 4.17. The van der Waals surface area contributed by atoms with E-state index in [1.165, 1.54) is 5.57 Å². The minimum atomic E-state index is -0.656. The smallest absolute Gasteiger partial charge is 0.306 e. The van der Waals surface area contributed by atoms with Crippen LogP contribution in [-0.4, -0.2) is 16.1 Å². The van der Waals surface area contributed by atoms with Gasteiger partial charge < -0.3 is 5.11 Å². The van der Waals surface area contributed by atoms with Crippen LogP contribution in [0.4, 0.5) is 0 Å². The number of carbonyl (C=O) groups is 1. The van der Waals surface area contributed by atoms with Crippen molar-refractivity contribution in [2.24, 2.45) is 5.92 Å². The molecular formula is C13H15NO2. The molecule has 1 aliphatic rings. The Morgan fingerprint density at radius 1 is 1.38 bits per heavy atom. The number of rotatable bonds is 2. The SMILES string of the molecule is O=C(O)C1CCC(=Cc2ccccn2)CC1. The van der Waals surface area contributed by atoms with E-state index in [4.69, 9.17) is 5.11 Å². The molecule has 16 heavy (non-hydrogen) atoms. The molecule has 0 spiro atoms. The van der Waals surface area contributed by atoms with E-state index in [0.29, 0.717) is 0 Å². The average molecular weight is 217 g/mol. The zero-order valence-corrected chi connectivity index (χ0v) is 9.10. The first-order valence-electron chi connectivity index (χ1n) is 5.59. The summed E-state index contributed by atoms with van der Waals surface area (Å²) in [6.07, 6.45) is 7.14. The minimum Gasteiger partial charge on any atom is -0.481 e. The lowest BCUT2D eigenvalue weighted by molar-refractivity contribution is -0.142. The van der Waals surface area contributed by atoms with Crippen LogP contribution < -0.4 is 0 Å². The molecule has 0 aromatic carbocycles. The molecule has 3 heteroatoms. The van der Waals surface area contributed by atoms with Crippen LogP contribution in [0.2, 0.25) is 0 Å². The molecule has 1 aromatic heterocycles. The highest BCUT2D eigenvalue weighted by Crippen LogP contribution is 2.29. The summed E-state index contributed by atoms with van der Waals surface area (Å²) in [5.41, 5.74) is 2.28. The number of aromatic nitrogens is 1. The van der Waals surface area contributed by atoms with Crippen LogP contribution in [0.25, 0.3) is 6.08 Å². The predicted octanol–water partition coefficient (Wildman–Crippen LogP) is 2.74. The van der Waals surface area contributed by atoms with Crippen molar-refractivity contribution >= 4 is 12.0 Å². The summed E-state index contributed by atoms with van der Waals surface area (Å²) in [5, 5.41) is 8.88. The standard InChI is InChI=1S/C13H15NO2/c15-13(16)11-6-4-10(5-7-11)9-12-3-1-2-8-14-12/h1-3,8-9,11H,4-7H2,(H,15,16). The molecule has 0 saturated heterocycles. The van der Waals surface area contributed by atoms with E-state index in [2.05, 4.69) is 11.1 Å². The van der Waals surface area contributed by atoms with Crippen molar-refractivity contribution in [1.82, 2.24) is 4.98 Å². The molecule has 1 saturated carbocycles. The van der Waals surface area contributed by atoms with Crippen molar-refractivity contribution in [3.05, 3.63) is 35.7 Å². The monoisotopic (exact) mass is 217 g/mol. The highest BCUT2D eigenvalue weighted by atomic mass is 16.4. The third-order valence-corrected chi connectivity index (χ3v) is 3.02. The number of pyridine rings is 1. The summed E-state index contributed by atoms with van der Waals surface area (Å²) in [6.45, 7) is 0. The third kappa shape index (κ3) is 2.69. The summed E-state index contributed by atoms with van der Waals surface area (Å²) in [7, 11) is 0. The van der Waals surface area contributed by atoms with Crippen molar-refractivity contribution in [2.75, 3.05) is 0 Å². The van der Waals surface area contributed by atoms with Gasteiger partial charge in [0.05, 0.1) is 11.6 Å². The first kappa shape index (κ1) is 10.9. The van der Waals surface area contributed by atoms with Gasteiger partial charge in [0.15, 0.2) is 0 Å². The normalized spacial score (nSPS) is 20.5. The first-order chi connectivity index (χ1) is 7.75. The summed E-state index contributed by atoms with van der Waals surface area (Å²) in [4.78, 5) is 15.0. The van der Waals surface area contributed by atoms with Crippen LogP contribution in [-0.2, 0) is 4.79 Å². The van der Waals surface area contributed by atoms with E-state index < -0.39 is 5.97 Å². The minimum absolute atomic E-state index is 0.152. The Bertz CT molecular complexity index is 388. The lowest BCUT2D eigenvalue weighted by Crippen LogP contribution is -2.17. The fraction of sp³-hybridized carbons (Fsp3) is 0.385. The van der Waals surface area contributed by atoms with Gasteiger partial charge >= 0.3 is 5.97 Å². The Kier molecular flexibility index (Phi) is 3.34. The van der Waals surface area contributed by atoms with E-state index >= 15 is 0 Å². The number of hydrogen-bond acceptors (Lipinski definition) is 2. The summed E-state index contributed by atoms with van der Waals surface area (Å²) in [5.74, 6) is -0.808. The fourth-order valence-corrected chi connectivity index (χ4v) is 2.05. The lowest BCUT2D eigenvalue weighted by Gasteiger charge is -2.20. The van der Waals surface area contributed by atoms with Gasteiger partial charge in [0.25, 0.3) is 0 Å². The van der Waals surface area contributed by atoms with Crippen molar-refractivity contribution in [2.45, 2.75) is 25.7 Å². The van der Waals surface area contributed by atoms with E-state index in [0.717, 1.165) is 31.4 Å². The number of hydrogen-bond donors (Lipinski definition) is 1. The molecule has 0 amide bonds. The Hall–Kier alpha value is -1.64. The zero-order chi connectivity index (χ0) is 11.4. The van der Waals surface area contributed by atoms with Gasteiger partial charge in [0, 0.05) is 6.20 Å². The van der Waals surface area contributed by atoms with Gasteiger partial charge in [-0.25, -0.2) is 0 Å². The van der Waals surface area contributed by atoms with Gasteiger partial charge in [-0.05, 0) is 43.9 Å². The zero-order valence-electron chi connectivity index (χ0n) is 9.10. The second kappa shape index (κ2) is 4.92. The van der Waals surface area contributed by atoms with Gasteiger partial charge in [-0.3, -0.25) is 9.78 Å². The molecule has 0 bridgehead atoms. The van der Waals surface area contributed by atoms with Gasteiger partial charge in [0.2, 0.25) is 0 Å². The van der Waals surface area contributed by atoms with Crippen LogP contribution >= 0.6 is 0 Å². The number of aliphatic carboxylic acids is 1. The van der Waals surface area contributed by atoms with Crippen LogP contribution in [0.5, 0.6) is 0 Å². The average Bonchev–Trinajstić information content (AvgIpc) is 2.31. The van der Waals surface area contributed by atoms with E-state index in [1.54, 1.807) is 6.20 Å². The van der Waals surface area contributed by atoms with Crippen LogP contribution in [0.15, 0.2) is 30.0 Å². The maximum Gasteiger partial charge on any atom is 0.306 e. The van der Waals surface area contributed by atoms with Crippen molar-refractivity contribution in [3.63, 3.8) is 0 Å². The van der Waals surface area contributed by atoms with Crippen molar-refractivity contribution in [1.29, 1.82) is 0 Å².